The first kappa shape index (κ1) is 16.6. The number of rotatable bonds is 3. The minimum absolute atomic E-state index is 0.0164. The van der Waals surface area contributed by atoms with Crippen molar-refractivity contribution in [1.82, 2.24) is 0 Å². The van der Waals surface area contributed by atoms with Crippen LogP contribution in [-0.2, 0) is 21.0 Å². The molecule has 2 aromatic carbocycles. The van der Waals surface area contributed by atoms with E-state index >= 15 is 0 Å². The van der Waals surface area contributed by atoms with Gasteiger partial charge in [-0.1, -0.05) is 45.0 Å². The van der Waals surface area contributed by atoms with Crippen molar-refractivity contribution in [1.29, 1.82) is 0 Å². The molecule has 2 nitrogen and oxygen atoms in total. The predicted octanol–water partition coefficient (Wildman–Crippen LogP) is 4.24. The van der Waals surface area contributed by atoms with Crippen LogP contribution in [0.15, 0.2) is 47.4 Å². The predicted molar refractivity (Wildman–Crippen MR) is 82.4 cm³/mol. The Balaban J connectivity index is 2.27. The van der Waals surface area contributed by atoms with Gasteiger partial charge in [0, 0.05) is 0 Å². The monoisotopic (exact) mass is 324 g/mol. The van der Waals surface area contributed by atoms with E-state index in [1.54, 1.807) is 12.1 Å². The summed E-state index contributed by atoms with van der Waals surface area (Å²) in [5.74, 6) is -2.47. The zero-order chi connectivity index (χ0) is 16.5. The summed E-state index contributed by atoms with van der Waals surface area (Å²) in [6, 6.07) is 9.89. The molecule has 0 saturated carbocycles. The summed E-state index contributed by atoms with van der Waals surface area (Å²) in [6.45, 7) is 6.21. The molecule has 0 aliphatic rings. The molecule has 118 valence electrons. The molecule has 0 spiro atoms. The number of hydrogen-bond acceptors (Lipinski definition) is 2. The fraction of sp³-hybridized carbons (Fsp3) is 0.294. The van der Waals surface area contributed by atoms with Gasteiger partial charge in [-0.05, 0) is 34.7 Å². The second-order valence-electron chi connectivity index (χ2n) is 6.28. The molecule has 0 fully saturated rings. The van der Waals surface area contributed by atoms with E-state index < -0.39 is 21.5 Å². The average Bonchev–Trinajstić information content (AvgIpc) is 2.41. The van der Waals surface area contributed by atoms with E-state index in [1.165, 1.54) is 0 Å². The summed E-state index contributed by atoms with van der Waals surface area (Å²) in [7, 11) is -3.71. The van der Waals surface area contributed by atoms with Crippen LogP contribution < -0.4 is 0 Å². The van der Waals surface area contributed by atoms with E-state index in [0.29, 0.717) is 11.6 Å². The lowest BCUT2D eigenvalue weighted by atomic mass is 9.87. The van der Waals surface area contributed by atoms with Crippen LogP contribution in [0.4, 0.5) is 8.78 Å². The van der Waals surface area contributed by atoms with Gasteiger partial charge in [-0.15, -0.1) is 0 Å². The molecule has 0 radical (unpaired) electrons. The molecule has 2 rings (SSSR count). The summed E-state index contributed by atoms with van der Waals surface area (Å²) in [4.78, 5) is -0.216. The first-order valence-electron chi connectivity index (χ1n) is 6.87. The molecule has 0 heterocycles. The quantitative estimate of drug-likeness (QED) is 0.792. The molecule has 2 aromatic rings. The molecule has 22 heavy (non-hydrogen) atoms. The summed E-state index contributed by atoms with van der Waals surface area (Å²) in [5.41, 5.74) is 1.69. The first-order chi connectivity index (χ1) is 10.1. The minimum Gasteiger partial charge on any atom is -0.223 e. The lowest BCUT2D eigenvalue weighted by molar-refractivity contribution is 0.504. The molecule has 0 atom stereocenters. The second-order valence-corrected chi connectivity index (χ2v) is 8.27. The van der Waals surface area contributed by atoms with Crippen LogP contribution in [0.25, 0.3) is 0 Å². The molecule has 0 saturated heterocycles. The summed E-state index contributed by atoms with van der Waals surface area (Å²) in [5, 5.41) is 0. The van der Waals surface area contributed by atoms with Crippen LogP contribution in [0.5, 0.6) is 0 Å². The Kier molecular flexibility index (Phi) is 4.38. The van der Waals surface area contributed by atoms with Gasteiger partial charge in [-0.2, -0.15) is 0 Å². The van der Waals surface area contributed by atoms with Crippen LogP contribution in [-0.4, -0.2) is 8.42 Å². The van der Waals surface area contributed by atoms with Crippen LogP contribution in [0.1, 0.15) is 31.9 Å². The molecule has 0 aliphatic carbocycles. The van der Waals surface area contributed by atoms with Gasteiger partial charge in [-0.25, -0.2) is 17.2 Å². The van der Waals surface area contributed by atoms with Crippen LogP contribution in [0.3, 0.4) is 0 Å². The highest BCUT2D eigenvalue weighted by atomic mass is 32.2. The van der Waals surface area contributed by atoms with Crippen molar-refractivity contribution in [2.24, 2.45) is 0 Å². The van der Waals surface area contributed by atoms with Crippen LogP contribution >= 0.6 is 0 Å². The Morgan fingerprint density at radius 1 is 0.909 bits per heavy atom. The van der Waals surface area contributed by atoms with Crippen molar-refractivity contribution in [3.63, 3.8) is 0 Å². The fourth-order valence-electron chi connectivity index (χ4n) is 2.07. The zero-order valence-corrected chi connectivity index (χ0v) is 13.5. The number of halogens is 2. The number of hydrogen-bond donors (Lipinski definition) is 0. The Bertz CT molecular complexity index is 773. The molecular formula is C17H18F2O2S. The third kappa shape index (κ3) is 3.71. The molecule has 0 N–H and O–H groups in total. The van der Waals surface area contributed by atoms with Gasteiger partial charge in [0.05, 0.1) is 10.6 Å². The van der Waals surface area contributed by atoms with Gasteiger partial charge in [-0.3, -0.25) is 0 Å². The van der Waals surface area contributed by atoms with Gasteiger partial charge in [0.1, 0.15) is 0 Å². The van der Waals surface area contributed by atoms with Gasteiger partial charge in [0.2, 0.25) is 0 Å². The van der Waals surface area contributed by atoms with Crippen LogP contribution in [0.2, 0.25) is 0 Å². The van der Waals surface area contributed by atoms with Gasteiger partial charge < -0.3 is 0 Å². The van der Waals surface area contributed by atoms with E-state index in [2.05, 4.69) is 20.8 Å². The first-order valence-corrected chi connectivity index (χ1v) is 8.52. The Labute approximate surface area is 129 Å². The SMILES string of the molecule is CC(C)(C)c1ccc(CS(=O)(=O)c2ccc(F)c(F)c2)cc1. The lowest BCUT2D eigenvalue weighted by Gasteiger charge is -2.19. The average molecular weight is 324 g/mol. The minimum atomic E-state index is -3.71. The van der Waals surface area contributed by atoms with Crippen molar-refractivity contribution in [3.8, 4) is 0 Å². The van der Waals surface area contributed by atoms with Crippen molar-refractivity contribution in [2.75, 3.05) is 0 Å². The highest BCUT2D eigenvalue weighted by Gasteiger charge is 2.18. The number of benzene rings is 2. The van der Waals surface area contributed by atoms with E-state index in [0.717, 1.165) is 17.7 Å². The lowest BCUT2D eigenvalue weighted by Crippen LogP contribution is -2.11. The smallest absolute Gasteiger partial charge is 0.182 e. The van der Waals surface area contributed by atoms with E-state index in [-0.39, 0.29) is 16.1 Å². The maximum absolute atomic E-state index is 13.2. The molecule has 0 amide bonds. The van der Waals surface area contributed by atoms with E-state index in [1.807, 2.05) is 12.1 Å². The summed E-state index contributed by atoms with van der Waals surface area (Å²) >= 11 is 0. The highest BCUT2D eigenvalue weighted by Crippen LogP contribution is 2.24. The van der Waals surface area contributed by atoms with Gasteiger partial charge >= 0.3 is 0 Å². The third-order valence-corrected chi connectivity index (χ3v) is 5.11. The fourth-order valence-corrected chi connectivity index (χ4v) is 3.43. The van der Waals surface area contributed by atoms with Gasteiger partial charge in [0.15, 0.2) is 21.5 Å². The maximum Gasteiger partial charge on any atom is 0.182 e. The molecule has 0 aromatic heterocycles. The topological polar surface area (TPSA) is 34.1 Å². The van der Waals surface area contributed by atoms with Crippen LogP contribution in [0, 0.1) is 11.6 Å². The summed E-state index contributed by atoms with van der Waals surface area (Å²) in [6.07, 6.45) is 0. The van der Waals surface area contributed by atoms with E-state index in [9.17, 15) is 17.2 Å². The molecule has 5 heteroatoms. The van der Waals surface area contributed by atoms with Crippen molar-refractivity contribution < 1.29 is 17.2 Å². The third-order valence-electron chi connectivity index (χ3n) is 3.43. The van der Waals surface area contributed by atoms with Gasteiger partial charge in [0.25, 0.3) is 0 Å². The standard InChI is InChI=1S/C17H18F2O2S/c1-17(2,3)13-6-4-12(5-7-13)11-22(20,21)14-8-9-15(18)16(19)10-14/h4-10H,11H2,1-3H3. The summed E-state index contributed by atoms with van der Waals surface area (Å²) < 4.78 is 50.6. The Morgan fingerprint density at radius 2 is 1.50 bits per heavy atom. The molecule has 0 bridgehead atoms. The Hall–Kier alpha value is -1.75. The maximum atomic E-state index is 13.2. The van der Waals surface area contributed by atoms with E-state index in [4.69, 9.17) is 0 Å². The Morgan fingerprint density at radius 3 is 2.00 bits per heavy atom. The van der Waals surface area contributed by atoms with Crippen molar-refractivity contribution in [2.45, 2.75) is 36.8 Å². The molecule has 0 aliphatic heterocycles. The largest absolute Gasteiger partial charge is 0.223 e. The van der Waals surface area contributed by atoms with Crippen molar-refractivity contribution >= 4 is 9.84 Å². The number of sulfone groups is 1. The highest BCUT2D eigenvalue weighted by molar-refractivity contribution is 7.90. The second kappa shape index (κ2) is 5.80. The molecule has 0 unspecified atom stereocenters. The van der Waals surface area contributed by atoms with Crippen molar-refractivity contribution in [3.05, 3.63) is 65.2 Å². The normalized spacial score (nSPS) is 12.4. The molecular weight excluding hydrogens is 306 g/mol. The zero-order valence-electron chi connectivity index (χ0n) is 12.7.